The van der Waals surface area contributed by atoms with E-state index >= 15 is 0 Å². The molecule has 0 aromatic rings. The van der Waals surface area contributed by atoms with Crippen molar-refractivity contribution in [1.29, 1.82) is 0 Å². The molecule has 0 bridgehead atoms. The Morgan fingerprint density at radius 1 is 1.43 bits per heavy atom. The molecule has 0 saturated heterocycles. The lowest BCUT2D eigenvalue weighted by atomic mass is 10.4. The van der Waals surface area contributed by atoms with Gasteiger partial charge in [-0.1, -0.05) is 22.9 Å². The highest BCUT2D eigenvalue weighted by Gasteiger charge is 2.11. The third kappa shape index (κ3) is 5.96. The summed E-state index contributed by atoms with van der Waals surface area (Å²) < 4.78 is 0. The second-order valence-electron chi connectivity index (χ2n) is 3.04. The SMILES string of the molecule is CCCNC(=O)CN(C)C(=O)CCBr. The summed E-state index contributed by atoms with van der Waals surface area (Å²) in [5.74, 6) is -0.120. The van der Waals surface area contributed by atoms with E-state index in [0.717, 1.165) is 6.42 Å². The molecule has 5 heteroatoms. The first-order chi connectivity index (χ1) is 6.61. The molecule has 0 unspecified atom stereocenters. The van der Waals surface area contributed by atoms with E-state index in [9.17, 15) is 9.59 Å². The van der Waals surface area contributed by atoms with Crippen molar-refractivity contribution in [3.05, 3.63) is 0 Å². The van der Waals surface area contributed by atoms with E-state index in [1.807, 2.05) is 6.92 Å². The molecule has 0 saturated carbocycles. The fourth-order valence-electron chi connectivity index (χ4n) is 0.896. The van der Waals surface area contributed by atoms with Gasteiger partial charge in [0.25, 0.3) is 0 Å². The first kappa shape index (κ1) is 13.4. The summed E-state index contributed by atoms with van der Waals surface area (Å²) in [6, 6.07) is 0. The molecular formula is C9H17BrN2O2. The zero-order chi connectivity index (χ0) is 11.0. The Hall–Kier alpha value is -0.580. The van der Waals surface area contributed by atoms with Gasteiger partial charge in [0, 0.05) is 25.3 Å². The van der Waals surface area contributed by atoms with E-state index in [0.29, 0.717) is 18.3 Å². The van der Waals surface area contributed by atoms with E-state index in [1.165, 1.54) is 4.90 Å². The average molecular weight is 265 g/mol. The van der Waals surface area contributed by atoms with Crippen molar-refractivity contribution in [2.45, 2.75) is 19.8 Å². The molecule has 0 aromatic carbocycles. The minimum absolute atomic E-state index is 0.0199. The number of nitrogens with one attached hydrogen (secondary N) is 1. The molecule has 0 fully saturated rings. The topological polar surface area (TPSA) is 49.4 Å². The number of likely N-dealkylation sites (N-methyl/N-ethyl adjacent to an activating group) is 1. The number of carbonyl (C=O) groups excluding carboxylic acids is 2. The van der Waals surface area contributed by atoms with Crippen LogP contribution in [0.3, 0.4) is 0 Å². The maximum Gasteiger partial charge on any atom is 0.239 e. The maximum absolute atomic E-state index is 11.3. The summed E-state index contributed by atoms with van der Waals surface area (Å²) >= 11 is 3.18. The van der Waals surface area contributed by atoms with Crippen LogP contribution in [0.4, 0.5) is 0 Å². The molecule has 0 heterocycles. The molecule has 0 aliphatic rings. The molecule has 0 aromatic heterocycles. The fourth-order valence-corrected chi connectivity index (χ4v) is 1.23. The van der Waals surface area contributed by atoms with Gasteiger partial charge in [-0.2, -0.15) is 0 Å². The van der Waals surface area contributed by atoms with Crippen LogP contribution in [0.25, 0.3) is 0 Å². The Morgan fingerprint density at radius 2 is 2.07 bits per heavy atom. The number of halogens is 1. The molecule has 4 nitrogen and oxygen atoms in total. The van der Waals surface area contributed by atoms with Crippen molar-refractivity contribution in [2.75, 3.05) is 25.5 Å². The second-order valence-corrected chi connectivity index (χ2v) is 3.83. The number of alkyl halides is 1. The minimum Gasteiger partial charge on any atom is -0.355 e. The summed E-state index contributed by atoms with van der Waals surface area (Å²) in [4.78, 5) is 23.9. The van der Waals surface area contributed by atoms with Crippen molar-refractivity contribution < 1.29 is 9.59 Å². The van der Waals surface area contributed by atoms with Crippen LogP contribution in [0, 0.1) is 0 Å². The zero-order valence-electron chi connectivity index (χ0n) is 8.68. The number of rotatable bonds is 6. The molecule has 0 atom stereocenters. The summed E-state index contributed by atoms with van der Waals surface area (Å²) in [6.45, 7) is 2.80. The van der Waals surface area contributed by atoms with E-state index in [2.05, 4.69) is 21.2 Å². The fraction of sp³-hybridized carbons (Fsp3) is 0.778. The summed E-state index contributed by atoms with van der Waals surface area (Å²) in [5, 5.41) is 3.35. The van der Waals surface area contributed by atoms with E-state index in [1.54, 1.807) is 7.05 Å². The summed E-state index contributed by atoms with van der Waals surface area (Å²) in [5.41, 5.74) is 0. The average Bonchev–Trinajstić information content (AvgIpc) is 2.15. The van der Waals surface area contributed by atoms with Crippen LogP contribution in [0.5, 0.6) is 0 Å². The van der Waals surface area contributed by atoms with Gasteiger partial charge in [0.2, 0.25) is 11.8 Å². The third-order valence-corrected chi connectivity index (χ3v) is 2.08. The summed E-state index contributed by atoms with van der Waals surface area (Å²) in [6.07, 6.45) is 1.34. The van der Waals surface area contributed by atoms with Gasteiger partial charge in [-0.3, -0.25) is 9.59 Å². The largest absolute Gasteiger partial charge is 0.355 e. The van der Waals surface area contributed by atoms with Crippen LogP contribution in [0.1, 0.15) is 19.8 Å². The van der Waals surface area contributed by atoms with Crippen LogP contribution in [-0.4, -0.2) is 42.2 Å². The smallest absolute Gasteiger partial charge is 0.239 e. The van der Waals surface area contributed by atoms with Gasteiger partial charge in [-0.15, -0.1) is 0 Å². The van der Waals surface area contributed by atoms with Crippen LogP contribution < -0.4 is 5.32 Å². The number of nitrogens with zero attached hydrogens (tertiary/aromatic N) is 1. The normalized spacial score (nSPS) is 9.64. The van der Waals surface area contributed by atoms with Crippen molar-refractivity contribution in [3.8, 4) is 0 Å². The Balaban J connectivity index is 3.75. The van der Waals surface area contributed by atoms with Crippen LogP contribution in [-0.2, 0) is 9.59 Å². The van der Waals surface area contributed by atoms with E-state index in [-0.39, 0.29) is 18.4 Å². The highest BCUT2D eigenvalue weighted by molar-refractivity contribution is 9.09. The Labute approximate surface area is 93.2 Å². The van der Waals surface area contributed by atoms with E-state index < -0.39 is 0 Å². The Bertz CT molecular complexity index is 197. The molecule has 82 valence electrons. The van der Waals surface area contributed by atoms with Gasteiger partial charge in [0.05, 0.1) is 6.54 Å². The molecular weight excluding hydrogens is 248 g/mol. The van der Waals surface area contributed by atoms with Gasteiger partial charge >= 0.3 is 0 Å². The molecule has 0 aliphatic heterocycles. The van der Waals surface area contributed by atoms with Crippen LogP contribution >= 0.6 is 15.9 Å². The van der Waals surface area contributed by atoms with Gasteiger partial charge in [0.1, 0.15) is 0 Å². The molecule has 0 spiro atoms. The first-order valence-corrected chi connectivity index (χ1v) is 5.80. The Morgan fingerprint density at radius 3 is 2.57 bits per heavy atom. The van der Waals surface area contributed by atoms with Crippen molar-refractivity contribution >= 4 is 27.7 Å². The monoisotopic (exact) mass is 264 g/mol. The number of hydrogen-bond donors (Lipinski definition) is 1. The lowest BCUT2D eigenvalue weighted by Gasteiger charge is -2.15. The maximum atomic E-state index is 11.3. The predicted molar refractivity (Wildman–Crippen MR) is 59.3 cm³/mol. The molecule has 0 aliphatic carbocycles. The summed E-state index contributed by atoms with van der Waals surface area (Å²) in [7, 11) is 1.64. The van der Waals surface area contributed by atoms with E-state index in [4.69, 9.17) is 0 Å². The number of hydrogen-bond acceptors (Lipinski definition) is 2. The highest BCUT2D eigenvalue weighted by Crippen LogP contribution is 1.94. The molecule has 2 amide bonds. The standard InChI is InChI=1S/C9H17BrN2O2/c1-3-6-11-8(13)7-12(2)9(14)4-5-10/h3-7H2,1-2H3,(H,11,13). The van der Waals surface area contributed by atoms with Gasteiger partial charge < -0.3 is 10.2 Å². The molecule has 0 radical (unpaired) electrons. The number of carbonyl (C=O) groups is 2. The first-order valence-electron chi connectivity index (χ1n) is 4.68. The molecule has 14 heavy (non-hydrogen) atoms. The van der Waals surface area contributed by atoms with Crippen LogP contribution in [0.2, 0.25) is 0 Å². The second kappa shape index (κ2) is 7.79. The van der Waals surface area contributed by atoms with Crippen molar-refractivity contribution in [3.63, 3.8) is 0 Å². The highest BCUT2D eigenvalue weighted by atomic mass is 79.9. The third-order valence-electron chi connectivity index (χ3n) is 1.69. The zero-order valence-corrected chi connectivity index (χ0v) is 10.3. The number of amides is 2. The minimum atomic E-state index is -0.0997. The van der Waals surface area contributed by atoms with Gasteiger partial charge in [-0.05, 0) is 6.42 Å². The predicted octanol–water partition coefficient (Wildman–Crippen LogP) is 0.756. The molecule has 0 rings (SSSR count). The quantitative estimate of drug-likeness (QED) is 0.721. The van der Waals surface area contributed by atoms with Crippen molar-refractivity contribution in [2.24, 2.45) is 0 Å². The Kier molecular flexibility index (Phi) is 7.47. The van der Waals surface area contributed by atoms with Gasteiger partial charge in [0.15, 0.2) is 0 Å². The lowest BCUT2D eigenvalue weighted by Crippen LogP contribution is -2.38. The van der Waals surface area contributed by atoms with Gasteiger partial charge in [-0.25, -0.2) is 0 Å². The van der Waals surface area contributed by atoms with Crippen LogP contribution in [0.15, 0.2) is 0 Å². The van der Waals surface area contributed by atoms with Crippen molar-refractivity contribution in [1.82, 2.24) is 10.2 Å². The lowest BCUT2D eigenvalue weighted by molar-refractivity contribution is -0.134. The molecule has 1 N–H and O–H groups in total.